The quantitative estimate of drug-likeness (QED) is 0.398. The van der Waals surface area contributed by atoms with Gasteiger partial charge in [0.25, 0.3) is 0 Å². The monoisotopic (exact) mass is 359 g/mol. The molecule has 2 aliphatic rings. The van der Waals surface area contributed by atoms with Crippen molar-refractivity contribution in [2.75, 3.05) is 0 Å². The number of hydrogen-bond donors (Lipinski definition) is 0. The predicted molar refractivity (Wildman–Crippen MR) is 113 cm³/mol. The summed E-state index contributed by atoms with van der Waals surface area (Å²) in [6.45, 7) is 0. The number of fused-ring (bicyclic) bond motifs is 1. The first-order chi connectivity index (χ1) is 13.9. The van der Waals surface area contributed by atoms with Crippen molar-refractivity contribution in [1.82, 2.24) is 15.0 Å². The van der Waals surface area contributed by atoms with Crippen molar-refractivity contribution in [2.45, 2.75) is 0 Å². The Hall–Kier alpha value is -3.85. The molecule has 0 unspecified atom stereocenters. The molecule has 0 aromatic carbocycles. The molecule has 28 heavy (non-hydrogen) atoms. The van der Waals surface area contributed by atoms with E-state index in [1.165, 1.54) is 16.7 Å². The molecule has 0 bridgehead atoms. The molecule has 0 amide bonds. The highest BCUT2D eigenvalue weighted by molar-refractivity contribution is 5.88. The van der Waals surface area contributed by atoms with E-state index in [0.29, 0.717) is 0 Å². The Balaban J connectivity index is 1.74. The van der Waals surface area contributed by atoms with E-state index >= 15 is 0 Å². The number of hydrogen-bond acceptors (Lipinski definition) is 3. The van der Waals surface area contributed by atoms with Crippen molar-refractivity contribution in [3.8, 4) is 45.0 Å². The van der Waals surface area contributed by atoms with Crippen molar-refractivity contribution in [3.63, 3.8) is 0 Å². The minimum absolute atomic E-state index is 0.841. The third kappa shape index (κ3) is 3.03. The lowest BCUT2D eigenvalue weighted by Crippen LogP contribution is -1.93. The van der Waals surface area contributed by atoms with Gasteiger partial charge in [-0.05, 0) is 58.7 Å². The summed E-state index contributed by atoms with van der Waals surface area (Å²) in [5.41, 5.74) is 8.11. The fourth-order valence-electron chi connectivity index (χ4n) is 3.44. The summed E-state index contributed by atoms with van der Waals surface area (Å²) in [6, 6.07) is 30.8. The molecule has 0 fully saturated rings. The Kier molecular flexibility index (Phi) is 4.11. The van der Waals surface area contributed by atoms with Gasteiger partial charge in [-0.25, -0.2) is 4.98 Å². The van der Waals surface area contributed by atoms with Crippen LogP contribution < -0.4 is 0 Å². The third-order valence-corrected chi connectivity index (χ3v) is 4.78. The lowest BCUT2D eigenvalue weighted by atomic mass is 10.0. The molecule has 0 spiro atoms. The molecule has 0 saturated heterocycles. The van der Waals surface area contributed by atoms with Crippen LogP contribution in [0.15, 0.2) is 103 Å². The number of nitrogens with zero attached hydrogens (tertiary/aromatic N) is 3. The van der Waals surface area contributed by atoms with Crippen molar-refractivity contribution in [2.24, 2.45) is 0 Å². The summed E-state index contributed by atoms with van der Waals surface area (Å²) < 4.78 is 0. The Morgan fingerprint density at radius 3 is 1.68 bits per heavy atom. The first-order valence-electron chi connectivity index (χ1n) is 9.21. The lowest BCUT2D eigenvalue weighted by molar-refractivity contribution is 1.22. The van der Waals surface area contributed by atoms with Crippen LogP contribution in [0.4, 0.5) is 0 Å². The highest BCUT2D eigenvalue weighted by atomic mass is 14.8. The fraction of sp³-hybridized carbons (Fsp3) is 0. The minimum atomic E-state index is 0.841. The normalized spacial score (nSPS) is 10.9. The van der Waals surface area contributed by atoms with Crippen LogP contribution >= 0.6 is 0 Å². The van der Waals surface area contributed by atoms with Gasteiger partial charge in [0.2, 0.25) is 0 Å². The van der Waals surface area contributed by atoms with E-state index in [4.69, 9.17) is 4.98 Å². The molecule has 3 aromatic rings. The van der Waals surface area contributed by atoms with Crippen molar-refractivity contribution < 1.29 is 0 Å². The van der Waals surface area contributed by atoms with E-state index in [1.54, 1.807) is 12.4 Å². The van der Waals surface area contributed by atoms with Gasteiger partial charge < -0.3 is 0 Å². The number of aromatic nitrogens is 3. The molecule has 5 rings (SSSR count). The van der Waals surface area contributed by atoms with Crippen LogP contribution in [0.5, 0.6) is 0 Å². The van der Waals surface area contributed by atoms with E-state index in [0.717, 1.165) is 28.3 Å². The van der Waals surface area contributed by atoms with Crippen molar-refractivity contribution in [1.29, 1.82) is 0 Å². The van der Waals surface area contributed by atoms with Crippen LogP contribution in [-0.4, -0.2) is 15.0 Å². The maximum absolute atomic E-state index is 4.85. The predicted octanol–water partition coefficient (Wildman–Crippen LogP) is 5.98. The summed E-state index contributed by atoms with van der Waals surface area (Å²) in [5.74, 6) is 0. The molecular formula is C25H17N3. The van der Waals surface area contributed by atoms with E-state index in [9.17, 15) is 0 Å². The molecule has 0 saturated carbocycles. The maximum Gasteiger partial charge on any atom is 0.0900 e. The van der Waals surface area contributed by atoms with Gasteiger partial charge in [0, 0.05) is 12.4 Å². The molecule has 2 aliphatic carbocycles. The average Bonchev–Trinajstić information content (AvgIpc) is 3.03. The van der Waals surface area contributed by atoms with Crippen LogP contribution in [0.2, 0.25) is 0 Å². The van der Waals surface area contributed by atoms with Crippen LogP contribution in [0.25, 0.3) is 45.0 Å². The van der Waals surface area contributed by atoms with Gasteiger partial charge in [-0.2, -0.15) is 0 Å². The van der Waals surface area contributed by atoms with E-state index in [1.807, 2.05) is 36.4 Å². The van der Waals surface area contributed by atoms with E-state index in [2.05, 4.69) is 64.6 Å². The minimum Gasteiger partial charge on any atom is -0.255 e. The van der Waals surface area contributed by atoms with Crippen LogP contribution in [0.3, 0.4) is 0 Å². The second-order valence-corrected chi connectivity index (χ2v) is 6.58. The van der Waals surface area contributed by atoms with Crippen LogP contribution in [0, 0.1) is 0 Å². The summed E-state index contributed by atoms with van der Waals surface area (Å²) >= 11 is 0. The van der Waals surface area contributed by atoms with Crippen molar-refractivity contribution in [3.05, 3.63) is 103 Å². The summed E-state index contributed by atoms with van der Waals surface area (Å²) in [4.78, 5) is 13.8. The summed E-state index contributed by atoms with van der Waals surface area (Å²) in [6.07, 6.45) is 3.59. The van der Waals surface area contributed by atoms with Gasteiger partial charge >= 0.3 is 0 Å². The van der Waals surface area contributed by atoms with E-state index < -0.39 is 0 Å². The largest absolute Gasteiger partial charge is 0.255 e. The van der Waals surface area contributed by atoms with Crippen molar-refractivity contribution >= 4 is 0 Å². The molecule has 0 atom stereocenters. The smallest absolute Gasteiger partial charge is 0.0900 e. The molecular weight excluding hydrogens is 342 g/mol. The zero-order valence-electron chi connectivity index (χ0n) is 15.2. The summed E-state index contributed by atoms with van der Waals surface area (Å²) in [7, 11) is 0. The SMILES string of the molecule is c1ccc2ccc(-c3cc(-c4ccccn4)nc(-c4ccccn4)c3)c-2cc1. The molecule has 3 nitrogen and oxygen atoms in total. The second-order valence-electron chi connectivity index (χ2n) is 6.58. The fourth-order valence-corrected chi connectivity index (χ4v) is 3.44. The first-order valence-corrected chi connectivity index (χ1v) is 9.21. The number of pyridine rings is 3. The van der Waals surface area contributed by atoms with E-state index in [-0.39, 0.29) is 0 Å². The zero-order chi connectivity index (χ0) is 18.8. The highest BCUT2D eigenvalue weighted by Crippen LogP contribution is 2.37. The Bertz CT molecular complexity index is 1140. The van der Waals surface area contributed by atoms with Gasteiger partial charge in [-0.15, -0.1) is 0 Å². The molecule has 0 aliphatic heterocycles. The highest BCUT2D eigenvalue weighted by Gasteiger charge is 2.14. The third-order valence-electron chi connectivity index (χ3n) is 4.78. The van der Waals surface area contributed by atoms with Gasteiger partial charge in [0.05, 0.1) is 22.8 Å². The molecule has 0 radical (unpaired) electrons. The zero-order valence-corrected chi connectivity index (χ0v) is 15.2. The topological polar surface area (TPSA) is 38.7 Å². The Morgan fingerprint density at radius 1 is 0.429 bits per heavy atom. The molecule has 3 aromatic heterocycles. The van der Waals surface area contributed by atoms with Gasteiger partial charge in [-0.1, -0.05) is 54.6 Å². The van der Waals surface area contributed by atoms with Gasteiger partial charge in [-0.3, -0.25) is 9.97 Å². The van der Waals surface area contributed by atoms with Crippen LogP contribution in [0.1, 0.15) is 0 Å². The molecule has 0 N–H and O–H groups in total. The van der Waals surface area contributed by atoms with Gasteiger partial charge in [0.1, 0.15) is 0 Å². The molecule has 3 heterocycles. The molecule has 3 heteroatoms. The molecule has 132 valence electrons. The maximum atomic E-state index is 4.85. The lowest BCUT2D eigenvalue weighted by Gasteiger charge is -2.09. The average molecular weight is 359 g/mol. The second kappa shape index (κ2) is 7.05. The van der Waals surface area contributed by atoms with Gasteiger partial charge in [0.15, 0.2) is 0 Å². The van der Waals surface area contributed by atoms with Crippen LogP contribution in [-0.2, 0) is 0 Å². The number of rotatable bonds is 3. The standard InChI is InChI=1S/C25H17N3/c1-2-8-18-12-13-21(20(18)9-3-1)19-16-24(22-10-4-6-14-26-22)28-25(17-19)23-11-5-7-15-27-23/h1-17H. The summed E-state index contributed by atoms with van der Waals surface area (Å²) in [5, 5.41) is 0. The first kappa shape index (κ1) is 16.3. The Labute approximate surface area is 163 Å². The Morgan fingerprint density at radius 2 is 1.04 bits per heavy atom.